The van der Waals surface area contributed by atoms with Crippen molar-refractivity contribution < 1.29 is 4.42 Å². The van der Waals surface area contributed by atoms with Gasteiger partial charge in [-0.25, -0.2) is 0 Å². The van der Waals surface area contributed by atoms with Gasteiger partial charge >= 0.3 is 0 Å². The lowest BCUT2D eigenvalue weighted by Crippen LogP contribution is -1.99. The molecule has 0 unspecified atom stereocenters. The number of nitrogens with zero attached hydrogens (tertiary/aromatic N) is 2. The van der Waals surface area contributed by atoms with Crippen LogP contribution in [0.5, 0.6) is 0 Å². The molecule has 5 heteroatoms. The summed E-state index contributed by atoms with van der Waals surface area (Å²) in [5.41, 5.74) is 2.53. The van der Waals surface area contributed by atoms with E-state index in [4.69, 9.17) is 16.0 Å². The number of oxazole rings is 1. The Bertz CT molecular complexity index is 666. The van der Waals surface area contributed by atoms with Gasteiger partial charge in [-0.05, 0) is 23.8 Å². The number of halogens is 1. The molecule has 0 bridgehead atoms. The number of benzene rings is 1. The third-order valence-corrected chi connectivity index (χ3v) is 2.75. The van der Waals surface area contributed by atoms with Crippen LogP contribution in [0.3, 0.4) is 0 Å². The number of hydrogen-bond donors (Lipinski definition) is 1. The highest BCUT2D eigenvalue weighted by Crippen LogP contribution is 2.22. The van der Waals surface area contributed by atoms with Crippen molar-refractivity contribution in [2.45, 2.75) is 6.54 Å². The second-order valence-electron chi connectivity index (χ2n) is 3.85. The largest absolute Gasteiger partial charge is 0.423 e. The number of anilines is 1. The lowest BCUT2D eigenvalue weighted by Gasteiger charge is -2.00. The molecule has 0 aliphatic rings. The fourth-order valence-corrected chi connectivity index (χ4v) is 1.82. The third-order valence-electron chi connectivity index (χ3n) is 2.52. The summed E-state index contributed by atoms with van der Waals surface area (Å²) < 4.78 is 5.54. The van der Waals surface area contributed by atoms with E-state index in [1.54, 1.807) is 24.5 Å². The van der Waals surface area contributed by atoms with E-state index in [1.807, 2.05) is 18.2 Å². The first kappa shape index (κ1) is 11.0. The normalized spacial score (nSPS) is 10.7. The van der Waals surface area contributed by atoms with Crippen molar-refractivity contribution in [3.05, 3.63) is 53.3 Å². The Balaban J connectivity index is 1.79. The summed E-state index contributed by atoms with van der Waals surface area (Å²) in [7, 11) is 0. The second-order valence-corrected chi connectivity index (χ2v) is 4.28. The molecule has 0 saturated heterocycles. The molecule has 0 aliphatic carbocycles. The molecule has 90 valence electrons. The molecule has 3 aromatic rings. The number of nitrogens with one attached hydrogen (secondary N) is 1. The highest BCUT2D eigenvalue weighted by atomic mass is 35.5. The van der Waals surface area contributed by atoms with Gasteiger partial charge in [0.05, 0.1) is 0 Å². The average Bonchev–Trinajstić information content (AvgIpc) is 2.79. The maximum absolute atomic E-state index is 5.88. The van der Waals surface area contributed by atoms with Crippen LogP contribution in [0.15, 0.2) is 47.1 Å². The number of rotatable bonds is 3. The second kappa shape index (κ2) is 4.66. The van der Waals surface area contributed by atoms with Gasteiger partial charge in [-0.3, -0.25) is 4.98 Å². The zero-order valence-corrected chi connectivity index (χ0v) is 10.2. The van der Waals surface area contributed by atoms with Crippen molar-refractivity contribution in [1.29, 1.82) is 0 Å². The van der Waals surface area contributed by atoms with Crippen LogP contribution in [-0.4, -0.2) is 9.97 Å². The van der Waals surface area contributed by atoms with Gasteiger partial charge in [-0.1, -0.05) is 17.7 Å². The predicted octanol–water partition coefficient (Wildman–Crippen LogP) is 3.49. The van der Waals surface area contributed by atoms with Gasteiger partial charge in [0, 0.05) is 30.0 Å². The summed E-state index contributed by atoms with van der Waals surface area (Å²) in [4.78, 5) is 8.35. The lowest BCUT2D eigenvalue weighted by atomic mass is 10.3. The zero-order valence-electron chi connectivity index (χ0n) is 9.43. The van der Waals surface area contributed by atoms with E-state index in [2.05, 4.69) is 15.3 Å². The van der Waals surface area contributed by atoms with Crippen molar-refractivity contribution in [3.8, 4) is 0 Å². The summed E-state index contributed by atoms with van der Waals surface area (Å²) in [6.07, 6.45) is 3.54. The molecule has 1 aromatic carbocycles. The van der Waals surface area contributed by atoms with E-state index < -0.39 is 0 Å². The summed E-state index contributed by atoms with van der Waals surface area (Å²) in [6.45, 7) is 0.619. The van der Waals surface area contributed by atoms with Crippen LogP contribution in [-0.2, 0) is 6.54 Å². The first-order chi connectivity index (χ1) is 8.81. The van der Waals surface area contributed by atoms with Gasteiger partial charge in [-0.2, -0.15) is 4.98 Å². The van der Waals surface area contributed by atoms with Gasteiger partial charge in [0.25, 0.3) is 6.01 Å². The molecule has 4 nitrogen and oxygen atoms in total. The maximum Gasteiger partial charge on any atom is 0.295 e. The van der Waals surface area contributed by atoms with Crippen molar-refractivity contribution in [1.82, 2.24) is 9.97 Å². The molecule has 2 heterocycles. The van der Waals surface area contributed by atoms with Crippen LogP contribution in [0.2, 0.25) is 5.02 Å². The SMILES string of the molecule is Clc1ccc2nc(NCc3cccnc3)oc2c1. The van der Waals surface area contributed by atoms with Gasteiger partial charge in [0.2, 0.25) is 0 Å². The Morgan fingerprint density at radius 1 is 1.28 bits per heavy atom. The van der Waals surface area contributed by atoms with E-state index in [-0.39, 0.29) is 0 Å². The Kier molecular flexibility index (Phi) is 2.86. The molecular weight excluding hydrogens is 250 g/mol. The fourth-order valence-electron chi connectivity index (χ4n) is 1.65. The smallest absolute Gasteiger partial charge is 0.295 e. The molecule has 0 aliphatic heterocycles. The van der Waals surface area contributed by atoms with Crippen LogP contribution in [0, 0.1) is 0 Å². The van der Waals surface area contributed by atoms with E-state index in [0.29, 0.717) is 23.2 Å². The molecule has 1 N–H and O–H groups in total. The highest BCUT2D eigenvalue weighted by Gasteiger charge is 2.05. The van der Waals surface area contributed by atoms with Crippen LogP contribution in [0.4, 0.5) is 6.01 Å². The minimum atomic E-state index is 0.483. The third kappa shape index (κ3) is 2.28. The number of aromatic nitrogens is 2. The van der Waals surface area contributed by atoms with Crippen LogP contribution >= 0.6 is 11.6 Å². The quantitative estimate of drug-likeness (QED) is 0.782. The molecule has 0 spiro atoms. The Morgan fingerprint density at radius 2 is 2.22 bits per heavy atom. The van der Waals surface area contributed by atoms with E-state index in [1.165, 1.54) is 0 Å². The van der Waals surface area contributed by atoms with Gasteiger partial charge < -0.3 is 9.73 Å². The zero-order chi connectivity index (χ0) is 12.4. The van der Waals surface area contributed by atoms with Crippen LogP contribution in [0.1, 0.15) is 5.56 Å². The number of pyridine rings is 1. The van der Waals surface area contributed by atoms with Gasteiger partial charge in [0.15, 0.2) is 5.58 Å². The minimum absolute atomic E-state index is 0.483. The van der Waals surface area contributed by atoms with E-state index in [9.17, 15) is 0 Å². The first-order valence-corrected chi connectivity index (χ1v) is 5.88. The Labute approximate surface area is 109 Å². The summed E-state index contributed by atoms with van der Waals surface area (Å²) >= 11 is 5.88. The van der Waals surface area contributed by atoms with Crippen molar-refractivity contribution in [2.24, 2.45) is 0 Å². The molecule has 0 radical (unpaired) electrons. The fraction of sp³-hybridized carbons (Fsp3) is 0.0769. The summed E-state index contributed by atoms with van der Waals surface area (Å²) in [6, 6.07) is 9.73. The average molecular weight is 260 g/mol. The highest BCUT2D eigenvalue weighted by molar-refractivity contribution is 6.31. The maximum atomic E-state index is 5.88. The van der Waals surface area contributed by atoms with Crippen molar-refractivity contribution >= 4 is 28.7 Å². The molecule has 0 fully saturated rings. The van der Waals surface area contributed by atoms with Crippen LogP contribution < -0.4 is 5.32 Å². The standard InChI is InChI=1S/C13H10ClN3O/c14-10-3-4-11-12(6-10)18-13(17-11)16-8-9-2-1-5-15-7-9/h1-7H,8H2,(H,16,17). The summed E-state index contributed by atoms with van der Waals surface area (Å²) in [5, 5.41) is 3.75. The number of fused-ring (bicyclic) bond motifs is 1. The van der Waals surface area contributed by atoms with Crippen molar-refractivity contribution in [2.75, 3.05) is 5.32 Å². The van der Waals surface area contributed by atoms with Gasteiger partial charge in [-0.15, -0.1) is 0 Å². The van der Waals surface area contributed by atoms with Crippen LogP contribution in [0.25, 0.3) is 11.1 Å². The minimum Gasteiger partial charge on any atom is -0.423 e. The molecule has 18 heavy (non-hydrogen) atoms. The molecule has 3 rings (SSSR count). The van der Waals surface area contributed by atoms with Gasteiger partial charge in [0.1, 0.15) is 5.52 Å². The number of hydrogen-bond acceptors (Lipinski definition) is 4. The molecule has 2 aromatic heterocycles. The first-order valence-electron chi connectivity index (χ1n) is 5.50. The monoisotopic (exact) mass is 259 g/mol. The lowest BCUT2D eigenvalue weighted by molar-refractivity contribution is 0.614. The summed E-state index contributed by atoms with van der Waals surface area (Å²) in [5.74, 6) is 0. The van der Waals surface area contributed by atoms with E-state index >= 15 is 0 Å². The van der Waals surface area contributed by atoms with Crippen molar-refractivity contribution in [3.63, 3.8) is 0 Å². The molecular formula is C13H10ClN3O. The predicted molar refractivity (Wildman–Crippen MR) is 70.6 cm³/mol. The Morgan fingerprint density at radius 3 is 3.06 bits per heavy atom. The Hall–Kier alpha value is -2.07. The molecule has 0 saturated carbocycles. The van der Waals surface area contributed by atoms with E-state index in [0.717, 1.165) is 11.1 Å². The molecule has 0 amide bonds. The molecule has 0 atom stereocenters. The topological polar surface area (TPSA) is 51.0 Å².